The van der Waals surface area contributed by atoms with Crippen LogP contribution in [0.1, 0.15) is 24.3 Å². The highest BCUT2D eigenvalue weighted by molar-refractivity contribution is 5.75. The molecule has 1 fully saturated rings. The Morgan fingerprint density at radius 3 is 2.67 bits per heavy atom. The van der Waals surface area contributed by atoms with Crippen molar-refractivity contribution in [3.8, 4) is 11.1 Å². The van der Waals surface area contributed by atoms with Crippen molar-refractivity contribution in [2.45, 2.75) is 18.8 Å². The van der Waals surface area contributed by atoms with Crippen LogP contribution >= 0.6 is 0 Å². The van der Waals surface area contributed by atoms with Crippen molar-refractivity contribution in [3.05, 3.63) is 36.0 Å². The highest BCUT2D eigenvalue weighted by Crippen LogP contribution is 2.35. The third-order valence-corrected chi connectivity index (χ3v) is 3.63. The Labute approximate surface area is 106 Å². The fourth-order valence-corrected chi connectivity index (χ4v) is 2.68. The average molecular weight is 243 g/mol. The van der Waals surface area contributed by atoms with Crippen molar-refractivity contribution >= 4 is 5.88 Å². The van der Waals surface area contributed by atoms with Crippen molar-refractivity contribution in [2.75, 3.05) is 18.8 Å². The fraction of sp³-hybridized carbons (Fsp3) is 0.357. The molecule has 3 N–H and O–H groups in total. The first-order valence-electron chi connectivity index (χ1n) is 6.36. The Hall–Kier alpha value is -1.81. The topological polar surface area (TPSA) is 64.1 Å². The van der Waals surface area contributed by atoms with Crippen LogP contribution < -0.4 is 11.1 Å². The number of benzene rings is 1. The van der Waals surface area contributed by atoms with Crippen LogP contribution in [0.3, 0.4) is 0 Å². The molecular weight excluding hydrogens is 226 g/mol. The molecule has 2 aromatic rings. The van der Waals surface area contributed by atoms with Gasteiger partial charge in [0.2, 0.25) is 5.88 Å². The van der Waals surface area contributed by atoms with Crippen molar-refractivity contribution in [1.82, 2.24) is 10.5 Å². The Kier molecular flexibility index (Phi) is 3.02. The summed E-state index contributed by atoms with van der Waals surface area (Å²) in [6, 6.07) is 8.41. The molecule has 0 unspecified atom stereocenters. The van der Waals surface area contributed by atoms with Crippen LogP contribution in [-0.4, -0.2) is 18.2 Å². The maximum Gasteiger partial charge on any atom is 0.229 e. The second-order valence-electron chi connectivity index (χ2n) is 4.72. The molecule has 0 aliphatic carbocycles. The van der Waals surface area contributed by atoms with Crippen LogP contribution in [0.2, 0.25) is 0 Å². The number of anilines is 1. The van der Waals surface area contributed by atoms with Gasteiger partial charge in [-0.2, -0.15) is 0 Å². The summed E-state index contributed by atoms with van der Waals surface area (Å²) in [6.45, 7) is 2.16. The second-order valence-corrected chi connectivity index (χ2v) is 4.72. The first kappa shape index (κ1) is 11.3. The van der Waals surface area contributed by atoms with Gasteiger partial charge in [0.05, 0.1) is 11.8 Å². The van der Waals surface area contributed by atoms with Gasteiger partial charge in [0, 0.05) is 0 Å². The van der Waals surface area contributed by atoms with Gasteiger partial charge in [0.1, 0.15) is 0 Å². The number of rotatable bonds is 2. The van der Waals surface area contributed by atoms with Crippen molar-refractivity contribution in [1.29, 1.82) is 0 Å². The summed E-state index contributed by atoms with van der Waals surface area (Å²) >= 11 is 0. The summed E-state index contributed by atoms with van der Waals surface area (Å²) < 4.78 is 4.98. The molecular formula is C14H17N3O. The number of piperidine rings is 1. The van der Waals surface area contributed by atoms with E-state index in [2.05, 4.69) is 28.7 Å². The molecule has 94 valence electrons. The van der Waals surface area contributed by atoms with Crippen molar-refractivity contribution in [2.24, 2.45) is 0 Å². The first-order valence-corrected chi connectivity index (χ1v) is 6.36. The SMILES string of the molecule is Nc1oncc1-c1ccccc1C1CCNCC1. The van der Waals surface area contributed by atoms with Crippen LogP contribution in [0.5, 0.6) is 0 Å². The van der Waals surface area contributed by atoms with E-state index in [4.69, 9.17) is 10.3 Å². The molecule has 1 aromatic carbocycles. The number of nitrogen functional groups attached to an aromatic ring is 1. The summed E-state index contributed by atoms with van der Waals surface area (Å²) in [4.78, 5) is 0. The van der Waals surface area contributed by atoms with Crippen molar-refractivity contribution in [3.63, 3.8) is 0 Å². The van der Waals surface area contributed by atoms with Gasteiger partial charge in [0.25, 0.3) is 0 Å². The van der Waals surface area contributed by atoms with Gasteiger partial charge in [0.15, 0.2) is 0 Å². The standard InChI is InChI=1S/C14H17N3O/c15-14-13(9-17-18-14)12-4-2-1-3-11(12)10-5-7-16-8-6-10/h1-4,9-10,16H,5-8,15H2. The largest absolute Gasteiger partial charge is 0.367 e. The number of nitrogens with one attached hydrogen (secondary N) is 1. The van der Waals surface area contributed by atoms with E-state index in [0.29, 0.717) is 11.8 Å². The predicted octanol–water partition coefficient (Wildman–Crippen LogP) is 2.39. The lowest BCUT2D eigenvalue weighted by atomic mass is 9.85. The summed E-state index contributed by atoms with van der Waals surface area (Å²) in [7, 11) is 0. The third kappa shape index (κ3) is 1.99. The van der Waals surface area contributed by atoms with E-state index in [0.717, 1.165) is 24.2 Å². The summed E-state index contributed by atoms with van der Waals surface area (Å²) in [5.74, 6) is 0.994. The summed E-state index contributed by atoms with van der Waals surface area (Å²) in [5.41, 5.74) is 9.25. The molecule has 1 aliphatic rings. The number of aromatic nitrogens is 1. The molecule has 4 nitrogen and oxygen atoms in total. The lowest BCUT2D eigenvalue weighted by Gasteiger charge is -2.24. The van der Waals surface area contributed by atoms with Gasteiger partial charge in [-0.3, -0.25) is 0 Å². The normalized spacial score (nSPS) is 16.9. The molecule has 18 heavy (non-hydrogen) atoms. The van der Waals surface area contributed by atoms with Gasteiger partial charge in [-0.1, -0.05) is 29.4 Å². The zero-order chi connectivity index (χ0) is 12.4. The predicted molar refractivity (Wildman–Crippen MR) is 71.2 cm³/mol. The molecule has 0 amide bonds. The first-order chi connectivity index (χ1) is 8.86. The van der Waals surface area contributed by atoms with Gasteiger partial charge < -0.3 is 15.6 Å². The molecule has 1 aromatic heterocycles. The van der Waals surface area contributed by atoms with E-state index in [9.17, 15) is 0 Å². The van der Waals surface area contributed by atoms with Crippen LogP contribution in [0.15, 0.2) is 35.0 Å². The quantitative estimate of drug-likeness (QED) is 0.850. The molecule has 0 atom stereocenters. The number of nitrogens with two attached hydrogens (primary N) is 1. The number of hydrogen-bond acceptors (Lipinski definition) is 4. The van der Waals surface area contributed by atoms with Crippen molar-refractivity contribution < 1.29 is 4.52 Å². The highest BCUT2D eigenvalue weighted by atomic mass is 16.5. The zero-order valence-electron chi connectivity index (χ0n) is 10.2. The van der Waals surface area contributed by atoms with E-state index >= 15 is 0 Å². The minimum atomic E-state index is 0.399. The lowest BCUT2D eigenvalue weighted by Crippen LogP contribution is -2.26. The fourth-order valence-electron chi connectivity index (χ4n) is 2.68. The summed E-state index contributed by atoms with van der Waals surface area (Å²) in [5, 5.41) is 7.17. The second kappa shape index (κ2) is 4.82. The highest BCUT2D eigenvalue weighted by Gasteiger charge is 2.20. The third-order valence-electron chi connectivity index (χ3n) is 3.63. The molecule has 0 spiro atoms. The summed E-state index contributed by atoms with van der Waals surface area (Å²) in [6.07, 6.45) is 4.04. The zero-order valence-corrected chi connectivity index (χ0v) is 10.2. The molecule has 1 saturated heterocycles. The smallest absolute Gasteiger partial charge is 0.229 e. The van der Waals surface area contributed by atoms with Gasteiger partial charge in [-0.05, 0) is 43.0 Å². The Morgan fingerprint density at radius 2 is 1.94 bits per heavy atom. The van der Waals surface area contributed by atoms with E-state index in [-0.39, 0.29) is 0 Å². The van der Waals surface area contributed by atoms with Gasteiger partial charge in [-0.15, -0.1) is 0 Å². The van der Waals surface area contributed by atoms with Gasteiger partial charge >= 0.3 is 0 Å². The molecule has 3 rings (SSSR count). The Morgan fingerprint density at radius 1 is 1.17 bits per heavy atom. The Balaban J connectivity index is 2.02. The minimum Gasteiger partial charge on any atom is -0.367 e. The van der Waals surface area contributed by atoms with Gasteiger partial charge in [-0.25, -0.2) is 0 Å². The monoisotopic (exact) mass is 243 g/mol. The molecule has 0 bridgehead atoms. The minimum absolute atomic E-state index is 0.399. The molecule has 0 radical (unpaired) electrons. The van der Waals surface area contributed by atoms with E-state index < -0.39 is 0 Å². The van der Waals surface area contributed by atoms with Crippen LogP contribution in [-0.2, 0) is 0 Å². The molecule has 1 aliphatic heterocycles. The average Bonchev–Trinajstić information content (AvgIpc) is 2.86. The lowest BCUT2D eigenvalue weighted by molar-refractivity contribution is 0.436. The van der Waals surface area contributed by atoms with Crippen LogP contribution in [0, 0.1) is 0 Å². The maximum absolute atomic E-state index is 5.83. The van der Waals surface area contributed by atoms with E-state index in [1.54, 1.807) is 6.20 Å². The van der Waals surface area contributed by atoms with E-state index in [1.807, 2.05) is 6.07 Å². The number of nitrogens with zero attached hydrogens (tertiary/aromatic N) is 1. The van der Waals surface area contributed by atoms with Crippen LogP contribution in [0.25, 0.3) is 11.1 Å². The van der Waals surface area contributed by atoms with E-state index in [1.165, 1.54) is 18.4 Å². The Bertz CT molecular complexity index is 529. The molecule has 4 heteroatoms. The van der Waals surface area contributed by atoms with Crippen LogP contribution in [0.4, 0.5) is 5.88 Å². The molecule has 0 saturated carbocycles. The maximum atomic E-state index is 5.83. The number of hydrogen-bond donors (Lipinski definition) is 2. The molecule has 2 heterocycles.